The van der Waals surface area contributed by atoms with Gasteiger partial charge in [-0.2, -0.15) is 5.26 Å². The Morgan fingerprint density at radius 3 is 2.45 bits per heavy atom. The predicted octanol–water partition coefficient (Wildman–Crippen LogP) is 4.10. The summed E-state index contributed by atoms with van der Waals surface area (Å²) in [5, 5.41) is 10.5. The van der Waals surface area contributed by atoms with E-state index in [-0.39, 0.29) is 6.04 Å². The minimum atomic E-state index is -0.109. The molecule has 3 aromatic rings. The summed E-state index contributed by atoms with van der Waals surface area (Å²) in [4.78, 5) is 4.55. The summed E-state index contributed by atoms with van der Waals surface area (Å²) in [7, 11) is 0. The monoisotopic (exact) mass is 287 g/mol. The fraction of sp³-hybridized carbons (Fsp3) is 0.158. The van der Waals surface area contributed by atoms with Crippen LogP contribution in [0.3, 0.4) is 0 Å². The van der Waals surface area contributed by atoms with Crippen LogP contribution in [0.25, 0.3) is 22.0 Å². The summed E-state index contributed by atoms with van der Waals surface area (Å²) in [6.45, 7) is 3.88. The molecule has 22 heavy (non-hydrogen) atoms. The first-order chi connectivity index (χ1) is 10.6. The Kier molecular flexibility index (Phi) is 3.62. The Bertz CT molecular complexity index is 875. The van der Waals surface area contributed by atoms with E-state index in [0.717, 1.165) is 33.3 Å². The van der Waals surface area contributed by atoms with Crippen molar-refractivity contribution in [2.45, 2.75) is 19.9 Å². The number of benzene rings is 2. The number of hydrogen-bond acceptors (Lipinski definition) is 3. The third-order valence-electron chi connectivity index (χ3n) is 3.79. The Labute approximate surface area is 130 Å². The van der Waals surface area contributed by atoms with Crippen LogP contribution in [0.15, 0.2) is 48.5 Å². The van der Waals surface area contributed by atoms with Crippen molar-refractivity contribution < 1.29 is 0 Å². The highest BCUT2D eigenvalue weighted by atomic mass is 14.7. The van der Waals surface area contributed by atoms with Gasteiger partial charge in [0.15, 0.2) is 0 Å². The quantitative estimate of drug-likeness (QED) is 0.771. The largest absolute Gasteiger partial charge is 0.324 e. The first-order valence-electron chi connectivity index (χ1n) is 7.26. The van der Waals surface area contributed by atoms with Crippen LogP contribution in [-0.2, 0) is 0 Å². The van der Waals surface area contributed by atoms with Crippen LogP contribution in [0, 0.1) is 18.3 Å². The molecule has 3 nitrogen and oxygen atoms in total. The molecule has 2 N–H and O–H groups in total. The standard InChI is InChI=1S/C19H17N3/c1-12-8-17(13(2)21)18-10-15(14-6-4-3-5-7-14)9-16(11-20)19(18)22-12/h3-10,13H,21H2,1-2H3. The number of nitrogens with two attached hydrogens (primary N) is 1. The Morgan fingerprint density at radius 1 is 1.09 bits per heavy atom. The maximum Gasteiger partial charge on any atom is 0.101 e. The summed E-state index contributed by atoms with van der Waals surface area (Å²) in [5.74, 6) is 0. The Balaban J connectivity index is 2.38. The van der Waals surface area contributed by atoms with Gasteiger partial charge < -0.3 is 5.73 Å². The normalized spacial score (nSPS) is 12.1. The lowest BCUT2D eigenvalue weighted by atomic mass is 9.95. The van der Waals surface area contributed by atoms with Gasteiger partial charge in [-0.05, 0) is 48.7 Å². The van der Waals surface area contributed by atoms with Gasteiger partial charge in [-0.15, -0.1) is 0 Å². The first-order valence-corrected chi connectivity index (χ1v) is 7.26. The van der Waals surface area contributed by atoms with E-state index >= 15 is 0 Å². The van der Waals surface area contributed by atoms with Crippen molar-refractivity contribution in [3.8, 4) is 17.2 Å². The van der Waals surface area contributed by atoms with Gasteiger partial charge in [-0.1, -0.05) is 30.3 Å². The van der Waals surface area contributed by atoms with Crippen molar-refractivity contribution in [2.75, 3.05) is 0 Å². The molecule has 0 aliphatic rings. The average molecular weight is 287 g/mol. The topological polar surface area (TPSA) is 62.7 Å². The van der Waals surface area contributed by atoms with Gasteiger partial charge in [-0.3, -0.25) is 4.98 Å². The molecule has 2 aromatic carbocycles. The molecule has 0 fully saturated rings. The molecule has 0 aliphatic heterocycles. The zero-order valence-corrected chi connectivity index (χ0v) is 12.7. The molecular weight excluding hydrogens is 270 g/mol. The summed E-state index contributed by atoms with van der Waals surface area (Å²) >= 11 is 0. The van der Waals surface area contributed by atoms with E-state index in [2.05, 4.69) is 17.1 Å². The van der Waals surface area contributed by atoms with Crippen molar-refractivity contribution >= 4 is 10.9 Å². The van der Waals surface area contributed by atoms with Crippen molar-refractivity contribution in [3.05, 3.63) is 65.4 Å². The molecule has 1 atom stereocenters. The van der Waals surface area contributed by atoms with Crippen LogP contribution < -0.4 is 5.73 Å². The van der Waals surface area contributed by atoms with E-state index < -0.39 is 0 Å². The van der Waals surface area contributed by atoms with E-state index in [1.54, 1.807) is 0 Å². The number of aryl methyl sites for hydroxylation is 1. The molecule has 0 bridgehead atoms. The molecule has 0 saturated carbocycles. The molecule has 0 radical (unpaired) electrons. The molecule has 3 rings (SSSR count). The van der Waals surface area contributed by atoms with Gasteiger partial charge in [0.1, 0.15) is 6.07 Å². The summed E-state index contributed by atoms with van der Waals surface area (Å²) in [5.41, 5.74) is 11.4. The third kappa shape index (κ3) is 2.45. The lowest BCUT2D eigenvalue weighted by molar-refractivity contribution is 0.823. The second-order valence-corrected chi connectivity index (χ2v) is 5.54. The molecule has 1 heterocycles. The van der Waals surface area contributed by atoms with E-state index in [1.165, 1.54) is 0 Å². The van der Waals surface area contributed by atoms with Gasteiger partial charge in [0.25, 0.3) is 0 Å². The van der Waals surface area contributed by atoms with Crippen LogP contribution in [0.4, 0.5) is 0 Å². The van der Waals surface area contributed by atoms with Crippen LogP contribution in [0.5, 0.6) is 0 Å². The highest BCUT2D eigenvalue weighted by Gasteiger charge is 2.13. The van der Waals surface area contributed by atoms with Crippen LogP contribution in [0.2, 0.25) is 0 Å². The van der Waals surface area contributed by atoms with Crippen molar-refractivity contribution in [1.29, 1.82) is 5.26 Å². The minimum Gasteiger partial charge on any atom is -0.324 e. The second kappa shape index (κ2) is 5.59. The fourth-order valence-electron chi connectivity index (χ4n) is 2.75. The zero-order chi connectivity index (χ0) is 15.7. The van der Waals surface area contributed by atoms with Gasteiger partial charge in [0, 0.05) is 17.1 Å². The summed E-state index contributed by atoms with van der Waals surface area (Å²) in [6, 6.07) is 18.2. The smallest absolute Gasteiger partial charge is 0.101 e. The molecule has 1 aromatic heterocycles. The third-order valence-corrected chi connectivity index (χ3v) is 3.79. The van der Waals surface area contributed by atoms with E-state index in [1.807, 2.05) is 56.3 Å². The highest BCUT2D eigenvalue weighted by Crippen LogP contribution is 2.31. The summed E-state index contributed by atoms with van der Waals surface area (Å²) < 4.78 is 0. The number of aromatic nitrogens is 1. The summed E-state index contributed by atoms with van der Waals surface area (Å²) in [6.07, 6.45) is 0. The fourth-order valence-corrected chi connectivity index (χ4v) is 2.75. The maximum atomic E-state index is 9.51. The number of rotatable bonds is 2. The van der Waals surface area contributed by atoms with E-state index in [4.69, 9.17) is 5.73 Å². The molecule has 0 saturated heterocycles. The SMILES string of the molecule is Cc1cc(C(C)N)c2cc(-c3ccccc3)cc(C#N)c2n1. The average Bonchev–Trinajstić information content (AvgIpc) is 2.53. The number of pyridine rings is 1. The number of nitrogens with zero attached hydrogens (tertiary/aromatic N) is 2. The van der Waals surface area contributed by atoms with Crippen molar-refractivity contribution in [1.82, 2.24) is 4.98 Å². The predicted molar refractivity (Wildman–Crippen MR) is 89.2 cm³/mol. The van der Waals surface area contributed by atoms with Crippen LogP contribution in [0.1, 0.15) is 29.8 Å². The Morgan fingerprint density at radius 2 is 1.82 bits per heavy atom. The highest BCUT2D eigenvalue weighted by molar-refractivity contribution is 5.92. The van der Waals surface area contributed by atoms with Crippen LogP contribution in [-0.4, -0.2) is 4.98 Å². The lowest BCUT2D eigenvalue weighted by Gasteiger charge is -2.14. The molecule has 0 spiro atoms. The maximum absolute atomic E-state index is 9.51. The molecular formula is C19H17N3. The lowest BCUT2D eigenvalue weighted by Crippen LogP contribution is -2.07. The first kappa shape index (κ1) is 14.2. The second-order valence-electron chi connectivity index (χ2n) is 5.54. The van der Waals surface area contributed by atoms with E-state index in [0.29, 0.717) is 5.56 Å². The number of hydrogen-bond donors (Lipinski definition) is 1. The van der Waals surface area contributed by atoms with Crippen LogP contribution >= 0.6 is 0 Å². The molecule has 108 valence electrons. The van der Waals surface area contributed by atoms with E-state index in [9.17, 15) is 5.26 Å². The van der Waals surface area contributed by atoms with Gasteiger partial charge >= 0.3 is 0 Å². The van der Waals surface area contributed by atoms with Gasteiger partial charge in [-0.25, -0.2) is 0 Å². The van der Waals surface area contributed by atoms with Crippen molar-refractivity contribution in [2.24, 2.45) is 5.73 Å². The molecule has 0 aliphatic carbocycles. The number of fused-ring (bicyclic) bond motifs is 1. The van der Waals surface area contributed by atoms with Gasteiger partial charge in [0.05, 0.1) is 11.1 Å². The van der Waals surface area contributed by atoms with Crippen molar-refractivity contribution in [3.63, 3.8) is 0 Å². The zero-order valence-electron chi connectivity index (χ0n) is 12.7. The number of nitriles is 1. The minimum absolute atomic E-state index is 0.109. The molecule has 1 unspecified atom stereocenters. The van der Waals surface area contributed by atoms with Gasteiger partial charge in [0.2, 0.25) is 0 Å². The molecule has 3 heteroatoms. The Hall–Kier alpha value is -2.70. The molecule has 0 amide bonds.